The third-order valence-corrected chi connectivity index (χ3v) is 5.37. The standard InChI is InChI=1S/C24H21N5O2S/c1-17-8-7-11-19(14-17)29(24(31)21-16-32-28-27-21)22(20-12-5-6-13-25-20)23(30)26-15-18-9-3-2-4-10-18/h2-14,16,22H,15H2,1H3,(H,26,30)/t22-/m0/s1. The number of hydrogen-bond donors (Lipinski definition) is 1. The summed E-state index contributed by atoms with van der Waals surface area (Å²) in [6, 6.07) is 21.4. The Morgan fingerprint density at radius 2 is 1.84 bits per heavy atom. The van der Waals surface area contributed by atoms with Gasteiger partial charge in [-0.25, -0.2) is 0 Å². The topological polar surface area (TPSA) is 88.1 Å². The molecule has 160 valence electrons. The number of carbonyl (C=O) groups excluding carboxylic acids is 2. The predicted molar refractivity (Wildman–Crippen MR) is 123 cm³/mol. The van der Waals surface area contributed by atoms with Crippen LogP contribution in [0.15, 0.2) is 84.4 Å². The Bertz CT molecular complexity index is 1180. The maximum atomic E-state index is 13.5. The minimum atomic E-state index is -0.990. The molecule has 4 aromatic rings. The molecule has 0 aliphatic rings. The van der Waals surface area contributed by atoms with Gasteiger partial charge in [-0.3, -0.25) is 19.5 Å². The molecule has 0 radical (unpaired) electrons. The number of carbonyl (C=O) groups is 2. The average Bonchev–Trinajstić information content (AvgIpc) is 3.37. The summed E-state index contributed by atoms with van der Waals surface area (Å²) in [5, 5.41) is 8.47. The highest BCUT2D eigenvalue weighted by molar-refractivity contribution is 7.03. The van der Waals surface area contributed by atoms with Crippen LogP contribution in [0.25, 0.3) is 0 Å². The molecule has 2 aromatic carbocycles. The summed E-state index contributed by atoms with van der Waals surface area (Å²) < 4.78 is 3.82. The molecule has 4 rings (SSSR count). The van der Waals surface area contributed by atoms with Gasteiger partial charge in [-0.05, 0) is 53.8 Å². The molecule has 0 bridgehead atoms. The molecule has 2 heterocycles. The lowest BCUT2D eigenvalue weighted by Gasteiger charge is -2.30. The van der Waals surface area contributed by atoms with E-state index in [1.165, 1.54) is 4.90 Å². The summed E-state index contributed by atoms with van der Waals surface area (Å²) >= 11 is 1.08. The van der Waals surface area contributed by atoms with E-state index in [1.807, 2.05) is 55.5 Å². The minimum Gasteiger partial charge on any atom is -0.350 e. The quantitative estimate of drug-likeness (QED) is 0.467. The van der Waals surface area contributed by atoms with E-state index < -0.39 is 11.9 Å². The molecule has 0 fully saturated rings. The maximum Gasteiger partial charge on any atom is 0.280 e. The highest BCUT2D eigenvalue weighted by Gasteiger charge is 2.35. The Balaban J connectivity index is 1.76. The molecule has 0 spiro atoms. The SMILES string of the molecule is Cc1cccc(N(C(=O)c2csnn2)[C@H](C(=O)NCc2ccccc2)c2ccccn2)c1. The largest absolute Gasteiger partial charge is 0.350 e. The van der Waals surface area contributed by atoms with Crippen molar-refractivity contribution in [3.63, 3.8) is 0 Å². The van der Waals surface area contributed by atoms with E-state index in [1.54, 1.807) is 35.8 Å². The van der Waals surface area contributed by atoms with Gasteiger partial charge in [0.2, 0.25) is 5.91 Å². The summed E-state index contributed by atoms with van der Waals surface area (Å²) in [5.74, 6) is -0.763. The Labute approximate surface area is 189 Å². The number of aryl methyl sites for hydroxylation is 1. The molecular formula is C24H21N5O2S. The van der Waals surface area contributed by atoms with Crippen molar-refractivity contribution in [3.8, 4) is 0 Å². The fourth-order valence-electron chi connectivity index (χ4n) is 3.35. The van der Waals surface area contributed by atoms with Crippen LogP contribution in [0.5, 0.6) is 0 Å². The van der Waals surface area contributed by atoms with Gasteiger partial charge in [0.1, 0.15) is 0 Å². The van der Waals surface area contributed by atoms with Gasteiger partial charge in [-0.15, -0.1) is 5.10 Å². The number of anilines is 1. The molecule has 1 N–H and O–H groups in total. The van der Waals surface area contributed by atoms with Crippen molar-refractivity contribution in [2.24, 2.45) is 0 Å². The predicted octanol–water partition coefficient (Wildman–Crippen LogP) is 3.95. The average molecular weight is 444 g/mol. The van der Waals surface area contributed by atoms with Gasteiger partial charge >= 0.3 is 0 Å². The lowest BCUT2D eigenvalue weighted by molar-refractivity contribution is -0.122. The fourth-order valence-corrected chi connectivity index (χ4v) is 3.78. The Morgan fingerprint density at radius 1 is 1.03 bits per heavy atom. The molecule has 2 aromatic heterocycles. The summed E-state index contributed by atoms with van der Waals surface area (Å²) in [6.07, 6.45) is 1.61. The Morgan fingerprint density at radius 3 is 2.53 bits per heavy atom. The first-order valence-corrected chi connectivity index (χ1v) is 10.9. The number of rotatable bonds is 7. The second-order valence-corrected chi connectivity index (χ2v) is 7.77. The van der Waals surface area contributed by atoms with Gasteiger partial charge in [0, 0.05) is 23.8 Å². The zero-order valence-corrected chi connectivity index (χ0v) is 18.2. The zero-order valence-electron chi connectivity index (χ0n) is 17.4. The second-order valence-electron chi connectivity index (χ2n) is 7.16. The van der Waals surface area contributed by atoms with Crippen molar-refractivity contribution in [1.82, 2.24) is 19.9 Å². The van der Waals surface area contributed by atoms with Crippen LogP contribution in [0.4, 0.5) is 5.69 Å². The first-order valence-electron chi connectivity index (χ1n) is 10.0. The van der Waals surface area contributed by atoms with Gasteiger partial charge in [0.05, 0.1) is 5.69 Å². The van der Waals surface area contributed by atoms with Crippen LogP contribution in [-0.2, 0) is 11.3 Å². The van der Waals surface area contributed by atoms with Crippen LogP contribution in [0.2, 0.25) is 0 Å². The number of amides is 2. The fraction of sp³-hybridized carbons (Fsp3) is 0.125. The van der Waals surface area contributed by atoms with E-state index in [2.05, 4.69) is 19.9 Å². The molecule has 0 aliphatic carbocycles. The van der Waals surface area contributed by atoms with Crippen LogP contribution in [0.1, 0.15) is 33.4 Å². The number of benzene rings is 2. The van der Waals surface area contributed by atoms with E-state index in [0.29, 0.717) is 17.9 Å². The minimum absolute atomic E-state index is 0.174. The number of nitrogens with zero attached hydrogens (tertiary/aromatic N) is 4. The summed E-state index contributed by atoms with van der Waals surface area (Å²) in [6.45, 7) is 2.26. The van der Waals surface area contributed by atoms with Crippen LogP contribution < -0.4 is 10.2 Å². The lowest BCUT2D eigenvalue weighted by Crippen LogP contribution is -2.44. The third-order valence-electron chi connectivity index (χ3n) is 4.86. The smallest absolute Gasteiger partial charge is 0.280 e. The van der Waals surface area contributed by atoms with Crippen LogP contribution >= 0.6 is 11.5 Å². The second kappa shape index (κ2) is 9.93. The van der Waals surface area contributed by atoms with Crippen molar-refractivity contribution in [3.05, 3.63) is 107 Å². The van der Waals surface area contributed by atoms with Gasteiger partial charge in [0.25, 0.3) is 5.91 Å². The molecule has 8 heteroatoms. The summed E-state index contributed by atoms with van der Waals surface area (Å²) in [5.41, 5.74) is 3.12. The number of aromatic nitrogens is 3. The highest BCUT2D eigenvalue weighted by Crippen LogP contribution is 2.29. The van der Waals surface area contributed by atoms with E-state index in [-0.39, 0.29) is 11.6 Å². The maximum absolute atomic E-state index is 13.5. The van der Waals surface area contributed by atoms with Gasteiger partial charge in [0.15, 0.2) is 11.7 Å². The van der Waals surface area contributed by atoms with Gasteiger partial charge < -0.3 is 5.32 Å². The van der Waals surface area contributed by atoms with Crippen molar-refractivity contribution in [1.29, 1.82) is 0 Å². The number of pyridine rings is 1. The van der Waals surface area contributed by atoms with Gasteiger partial charge in [-0.2, -0.15) is 0 Å². The van der Waals surface area contributed by atoms with Crippen LogP contribution in [0.3, 0.4) is 0 Å². The van der Waals surface area contributed by atoms with Crippen molar-refractivity contribution < 1.29 is 9.59 Å². The Hall–Kier alpha value is -3.91. The van der Waals surface area contributed by atoms with E-state index >= 15 is 0 Å². The monoisotopic (exact) mass is 443 g/mol. The zero-order chi connectivity index (χ0) is 22.3. The molecule has 0 saturated carbocycles. The molecule has 32 heavy (non-hydrogen) atoms. The summed E-state index contributed by atoms with van der Waals surface area (Å²) in [4.78, 5) is 32.9. The molecule has 0 saturated heterocycles. The molecule has 1 atom stereocenters. The van der Waals surface area contributed by atoms with Crippen molar-refractivity contribution in [2.45, 2.75) is 19.5 Å². The normalized spacial score (nSPS) is 11.5. The van der Waals surface area contributed by atoms with Crippen LogP contribution in [0, 0.1) is 6.92 Å². The van der Waals surface area contributed by atoms with E-state index in [0.717, 1.165) is 22.7 Å². The first kappa shape index (κ1) is 21.3. The Kier molecular flexibility index (Phi) is 6.62. The van der Waals surface area contributed by atoms with Crippen molar-refractivity contribution >= 4 is 29.0 Å². The molecule has 2 amide bonds. The third kappa shape index (κ3) is 4.87. The molecular weight excluding hydrogens is 422 g/mol. The lowest BCUT2D eigenvalue weighted by atomic mass is 10.1. The van der Waals surface area contributed by atoms with Crippen LogP contribution in [-0.4, -0.2) is 26.4 Å². The first-order chi connectivity index (χ1) is 15.6. The number of hydrogen-bond acceptors (Lipinski definition) is 6. The molecule has 0 unspecified atom stereocenters. The number of nitrogens with one attached hydrogen (secondary N) is 1. The molecule has 0 aliphatic heterocycles. The van der Waals surface area contributed by atoms with Crippen molar-refractivity contribution in [2.75, 3.05) is 4.90 Å². The van der Waals surface area contributed by atoms with E-state index in [9.17, 15) is 9.59 Å². The highest BCUT2D eigenvalue weighted by atomic mass is 32.1. The van der Waals surface area contributed by atoms with E-state index in [4.69, 9.17) is 0 Å². The molecule has 7 nitrogen and oxygen atoms in total. The van der Waals surface area contributed by atoms with Gasteiger partial charge in [-0.1, -0.05) is 53.0 Å². The summed E-state index contributed by atoms with van der Waals surface area (Å²) in [7, 11) is 0.